The van der Waals surface area contributed by atoms with Crippen LogP contribution in [0, 0.1) is 6.92 Å². The minimum Gasteiger partial charge on any atom is -0.462 e. The molecule has 0 atom stereocenters. The summed E-state index contributed by atoms with van der Waals surface area (Å²) in [5.41, 5.74) is 2.83. The standard InChI is InChI=1S/C14H15ClN2O2/c1-4-19-14(18)9-7-17-12-8(2)5-6-10(15)11(12)13(9)16-3/h5-7H,4H2,1-3H3,(H,16,17). The number of pyridine rings is 1. The van der Waals surface area contributed by atoms with Crippen LogP contribution in [0.5, 0.6) is 0 Å². The van der Waals surface area contributed by atoms with Gasteiger partial charge in [0.2, 0.25) is 0 Å². The molecule has 19 heavy (non-hydrogen) atoms. The summed E-state index contributed by atoms with van der Waals surface area (Å²) in [6, 6.07) is 3.71. The summed E-state index contributed by atoms with van der Waals surface area (Å²) in [5, 5.41) is 4.32. The second-order valence-corrected chi connectivity index (χ2v) is 4.51. The number of benzene rings is 1. The van der Waals surface area contributed by atoms with Gasteiger partial charge in [-0.2, -0.15) is 0 Å². The van der Waals surface area contributed by atoms with Gasteiger partial charge in [0.05, 0.1) is 22.8 Å². The van der Waals surface area contributed by atoms with Crippen molar-refractivity contribution in [2.24, 2.45) is 0 Å². The van der Waals surface area contributed by atoms with Gasteiger partial charge >= 0.3 is 5.97 Å². The number of aryl methyl sites for hydroxylation is 1. The van der Waals surface area contributed by atoms with Gasteiger partial charge in [0.1, 0.15) is 5.56 Å². The van der Waals surface area contributed by atoms with E-state index in [0.717, 1.165) is 16.5 Å². The van der Waals surface area contributed by atoms with Crippen LogP contribution < -0.4 is 5.32 Å². The molecule has 2 aromatic rings. The van der Waals surface area contributed by atoms with Crippen LogP contribution in [0.15, 0.2) is 18.3 Å². The Bertz CT molecular complexity index is 641. The fraction of sp³-hybridized carbons (Fsp3) is 0.286. The minimum absolute atomic E-state index is 0.321. The first-order valence-corrected chi connectivity index (χ1v) is 6.40. The number of fused-ring (bicyclic) bond motifs is 1. The number of aromatic nitrogens is 1. The molecule has 5 heteroatoms. The van der Waals surface area contributed by atoms with E-state index in [1.807, 2.05) is 13.0 Å². The number of carbonyl (C=O) groups excluding carboxylic acids is 1. The SMILES string of the molecule is CCOC(=O)c1cnc2c(C)ccc(Cl)c2c1NC. The van der Waals surface area contributed by atoms with Crippen molar-refractivity contribution in [3.63, 3.8) is 0 Å². The minimum atomic E-state index is -0.404. The van der Waals surface area contributed by atoms with Crippen molar-refractivity contribution in [3.8, 4) is 0 Å². The number of ether oxygens (including phenoxy) is 1. The maximum absolute atomic E-state index is 11.9. The van der Waals surface area contributed by atoms with Crippen LogP contribution in [0.3, 0.4) is 0 Å². The largest absolute Gasteiger partial charge is 0.462 e. The van der Waals surface area contributed by atoms with Gasteiger partial charge in [-0.05, 0) is 25.5 Å². The Hall–Kier alpha value is -1.81. The quantitative estimate of drug-likeness (QED) is 0.874. The molecule has 0 fully saturated rings. The number of halogens is 1. The van der Waals surface area contributed by atoms with Crippen molar-refractivity contribution < 1.29 is 9.53 Å². The first-order chi connectivity index (χ1) is 9.10. The molecule has 0 unspecified atom stereocenters. The van der Waals surface area contributed by atoms with Crippen LogP contribution in [-0.4, -0.2) is 24.6 Å². The van der Waals surface area contributed by atoms with E-state index in [9.17, 15) is 4.79 Å². The fourth-order valence-corrected chi connectivity index (χ4v) is 2.27. The predicted octanol–water partition coefficient (Wildman–Crippen LogP) is 3.42. The van der Waals surface area contributed by atoms with Crippen molar-refractivity contribution in [2.75, 3.05) is 19.0 Å². The Morgan fingerprint density at radius 1 is 1.47 bits per heavy atom. The van der Waals surface area contributed by atoms with Gasteiger partial charge in [-0.3, -0.25) is 4.98 Å². The Labute approximate surface area is 116 Å². The third-order valence-corrected chi connectivity index (χ3v) is 3.23. The lowest BCUT2D eigenvalue weighted by molar-refractivity contribution is 0.0527. The number of nitrogens with zero attached hydrogens (tertiary/aromatic N) is 1. The molecule has 0 spiro atoms. The molecule has 0 saturated heterocycles. The lowest BCUT2D eigenvalue weighted by atomic mass is 10.1. The molecule has 0 saturated carbocycles. The molecule has 0 radical (unpaired) electrons. The number of carbonyl (C=O) groups is 1. The van der Waals surface area contributed by atoms with Gasteiger partial charge < -0.3 is 10.1 Å². The zero-order chi connectivity index (χ0) is 14.0. The van der Waals surface area contributed by atoms with Crippen LogP contribution in [0.25, 0.3) is 10.9 Å². The molecule has 0 aliphatic rings. The zero-order valence-corrected chi connectivity index (χ0v) is 11.8. The monoisotopic (exact) mass is 278 g/mol. The molecule has 4 nitrogen and oxygen atoms in total. The zero-order valence-electron chi connectivity index (χ0n) is 11.1. The van der Waals surface area contributed by atoms with Gasteiger partial charge in [-0.25, -0.2) is 4.79 Å². The molecular weight excluding hydrogens is 264 g/mol. The van der Waals surface area contributed by atoms with Gasteiger partial charge in [0.25, 0.3) is 0 Å². The number of nitrogens with one attached hydrogen (secondary N) is 1. The van der Waals surface area contributed by atoms with Crippen molar-refractivity contribution in [1.82, 2.24) is 4.98 Å². The molecule has 100 valence electrons. The number of hydrogen-bond acceptors (Lipinski definition) is 4. The maximum atomic E-state index is 11.9. The predicted molar refractivity (Wildman–Crippen MR) is 77.0 cm³/mol. The topological polar surface area (TPSA) is 51.2 Å². The van der Waals surface area contributed by atoms with Gasteiger partial charge in [-0.1, -0.05) is 17.7 Å². The molecule has 1 aromatic carbocycles. The summed E-state index contributed by atoms with van der Waals surface area (Å²) in [7, 11) is 1.75. The maximum Gasteiger partial charge on any atom is 0.341 e. The molecule has 0 bridgehead atoms. The number of anilines is 1. The molecule has 0 amide bonds. The Kier molecular flexibility index (Phi) is 3.90. The molecule has 1 N–H and O–H groups in total. The highest BCUT2D eigenvalue weighted by atomic mass is 35.5. The van der Waals surface area contributed by atoms with E-state index in [1.165, 1.54) is 6.20 Å². The smallest absolute Gasteiger partial charge is 0.341 e. The first-order valence-electron chi connectivity index (χ1n) is 6.02. The van der Waals surface area contributed by atoms with Crippen LogP contribution in [0.1, 0.15) is 22.8 Å². The third-order valence-electron chi connectivity index (χ3n) is 2.92. The highest BCUT2D eigenvalue weighted by molar-refractivity contribution is 6.37. The highest BCUT2D eigenvalue weighted by Gasteiger charge is 2.18. The molecule has 0 aliphatic carbocycles. The third kappa shape index (κ3) is 2.36. The normalized spacial score (nSPS) is 10.5. The van der Waals surface area contributed by atoms with Gasteiger partial charge in [0, 0.05) is 18.6 Å². The fourth-order valence-electron chi connectivity index (χ4n) is 2.03. The summed E-state index contributed by atoms with van der Waals surface area (Å²) < 4.78 is 5.03. The van der Waals surface area contributed by atoms with E-state index in [4.69, 9.17) is 16.3 Å². The van der Waals surface area contributed by atoms with Crippen molar-refractivity contribution in [3.05, 3.63) is 34.5 Å². The van der Waals surface area contributed by atoms with Crippen molar-refractivity contribution in [2.45, 2.75) is 13.8 Å². The van der Waals surface area contributed by atoms with Crippen LogP contribution >= 0.6 is 11.6 Å². The van der Waals surface area contributed by atoms with Crippen molar-refractivity contribution in [1.29, 1.82) is 0 Å². The summed E-state index contributed by atoms with van der Waals surface area (Å²) in [6.45, 7) is 4.04. The number of rotatable bonds is 3. The average molecular weight is 279 g/mol. The lowest BCUT2D eigenvalue weighted by Crippen LogP contribution is -2.09. The van der Waals surface area contributed by atoms with E-state index >= 15 is 0 Å². The van der Waals surface area contributed by atoms with E-state index in [2.05, 4.69) is 10.3 Å². The van der Waals surface area contributed by atoms with Gasteiger partial charge in [0.15, 0.2) is 0 Å². The van der Waals surface area contributed by atoms with E-state index in [-0.39, 0.29) is 0 Å². The molecule has 0 aliphatic heterocycles. The van der Waals surface area contributed by atoms with E-state index in [0.29, 0.717) is 22.9 Å². The van der Waals surface area contributed by atoms with E-state index in [1.54, 1.807) is 20.0 Å². The van der Waals surface area contributed by atoms with Crippen LogP contribution in [0.4, 0.5) is 5.69 Å². The Morgan fingerprint density at radius 2 is 2.21 bits per heavy atom. The number of hydrogen-bond donors (Lipinski definition) is 1. The summed E-state index contributed by atoms with van der Waals surface area (Å²) >= 11 is 6.23. The summed E-state index contributed by atoms with van der Waals surface area (Å²) in [6.07, 6.45) is 1.52. The highest BCUT2D eigenvalue weighted by Crippen LogP contribution is 2.33. The molecule has 1 heterocycles. The Morgan fingerprint density at radius 3 is 2.84 bits per heavy atom. The summed E-state index contributed by atoms with van der Waals surface area (Å²) in [5.74, 6) is -0.404. The molecule has 2 rings (SSSR count). The van der Waals surface area contributed by atoms with Crippen LogP contribution in [-0.2, 0) is 4.74 Å². The van der Waals surface area contributed by atoms with Crippen molar-refractivity contribution >= 4 is 34.2 Å². The first kappa shape index (κ1) is 13.6. The lowest BCUT2D eigenvalue weighted by Gasteiger charge is -2.13. The molecular formula is C14H15ClN2O2. The number of esters is 1. The summed E-state index contributed by atoms with van der Waals surface area (Å²) in [4.78, 5) is 16.2. The Balaban J connectivity index is 2.76. The van der Waals surface area contributed by atoms with E-state index < -0.39 is 5.97 Å². The van der Waals surface area contributed by atoms with Crippen LogP contribution in [0.2, 0.25) is 5.02 Å². The average Bonchev–Trinajstić information content (AvgIpc) is 2.41. The second-order valence-electron chi connectivity index (χ2n) is 4.11. The van der Waals surface area contributed by atoms with Gasteiger partial charge in [-0.15, -0.1) is 0 Å². The molecule has 1 aromatic heterocycles. The second kappa shape index (κ2) is 5.45.